The molecule has 11 heteroatoms. The first-order chi connectivity index (χ1) is 21.2. The summed E-state index contributed by atoms with van der Waals surface area (Å²) in [6.07, 6.45) is 4.16. The molecule has 11 nitrogen and oxygen atoms in total. The summed E-state index contributed by atoms with van der Waals surface area (Å²) >= 11 is 0. The van der Waals surface area contributed by atoms with E-state index in [0.29, 0.717) is 25.8 Å². The van der Waals surface area contributed by atoms with Crippen LogP contribution >= 0.6 is 0 Å². The zero-order valence-corrected chi connectivity index (χ0v) is 25.8. The van der Waals surface area contributed by atoms with Crippen molar-refractivity contribution in [3.05, 3.63) is 84.4 Å². The predicted molar refractivity (Wildman–Crippen MR) is 171 cm³/mol. The molecular formula is C33H48N6O5. The number of benzene rings is 2. The van der Waals surface area contributed by atoms with Crippen LogP contribution in [-0.2, 0) is 32.0 Å². The normalized spacial score (nSPS) is 12.0. The van der Waals surface area contributed by atoms with E-state index in [1.54, 1.807) is 0 Å². The number of likely N-dealkylation sites (N-methyl/N-ethyl adjacent to an activating group) is 1. The number of nitrogens with zero attached hydrogens (tertiary/aromatic N) is 2. The highest BCUT2D eigenvalue weighted by atomic mass is 16.6. The zero-order chi connectivity index (χ0) is 32.2. The molecule has 2 aromatic carbocycles. The van der Waals surface area contributed by atoms with Gasteiger partial charge in [-0.1, -0.05) is 79.7 Å². The van der Waals surface area contributed by atoms with Gasteiger partial charge in [0.2, 0.25) is 17.7 Å². The van der Waals surface area contributed by atoms with Crippen LogP contribution in [0.3, 0.4) is 0 Å². The van der Waals surface area contributed by atoms with E-state index in [9.17, 15) is 19.2 Å². The monoisotopic (exact) mass is 608 g/mol. The smallest absolute Gasteiger partial charge is 0.410 e. The van der Waals surface area contributed by atoms with Crippen LogP contribution < -0.4 is 22.1 Å². The Morgan fingerprint density at radius 1 is 0.909 bits per heavy atom. The van der Waals surface area contributed by atoms with E-state index in [4.69, 9.17) is 16.2 Å². The molecule has 0 aromatic heterocycles. The van der Waals surface area contributed by atoms with Crippen molar-refractivity contribution in [1.29, 1.82) is 0 Å². The topological polar surface area (TPSA) is 160 Å². The maximum Gasteiger partial charge on any atom is 0.410 e. The van der Waals surface area contributed by atoms with Crippen LogP contribution in [0.25, 0.3) is 0 Å². The molecule has 0 heterocycles. The Bertz CT molecular complexity index is 1160. The molecule has 0 spiro atoms. The van der Waals surface area contributed by atoms with Gasteiger partial charge in [0.05, 0.1) is 12.6 Å². The molecular weight excluding hydrogens is 560 g/mol. The fraction of sp³-hybridized carbons (Fsp3) is 0.455. The second-order valence-electron chi connectivity index (χ2n) is 10.7. The third-order valence-corrected chi connectivity index (χ3v) is 6.97. The van der Waals surface area contributed by atoms with Gasteiger partial charge < -0.3 is 31.7 Å². The van der Waals surface area contributed by atoms with Gasteiger partial charge in [-0.05, 0) is 43.4 Å². The van der Waals surface area contributed by atoms with Crippen molar-refractivity contribution >= 4 is 23.8 Å². The molecule has 0 aliphatic heterocycles. The maximum atomic E-state index is 13.4. The molecule has 240 valence electrons. The summed E-state index contributed by atoms with van der Waals surface area (Å²) in [5, 5.41) is 5.57. The fourth-order valence-corrected chi connectivity index (χ4v) is 4.68. The summed E-state index contributed by atoms with van der Waals surface area (Å²) < 4.78 is 5.21. The number of nitrogens with two attached hydrogens (primary N) is 2. The molecule has 0 unspecified atom stereocenters. The molecule has 0 saturated heterocycles. The standard InChI is InChI=1S/C33H48N6O5/c1-3-20-44-33(43)39(22-28(35)16-10-11-19-34)25-31(41)37-29(21-27-14-8-5-9-15-27)23-38(24-30(40)36-2)32(42)18-17-26-12-6-4-7-13-26/h3-9,12-15,28-29H,1,10-11,16-25,34-35H2,2H3,(H,36,40)(H,37,41)/t28-,29-/m0/s1. The number of ether oxygens (including phenoxy) is 1. The van der Waals surface area contributed by atoms with E-state index in [2.05, 4.69) is 17.2 Å². The molecule has 6 N–H and O–H groups in total. The number of amides is 4. The second-order valence-corrected chi connectivity index (χ2v) is 10.7. The van der Waals surface area contributed by atoms with Gasteiger partial charge in [0.1, 0.15) is 13.2 Å². The SMILES string of the molecule is C=CCOC(=O)N(CC(=O)N[C@@H](Cc1ccccc1)CN(CC(=O)NC)C(=O)CCc1ccccc1)C[C@@H](N)CCCCN. The van der Waals surface area contributed by atoms with Crippen molar-refractivity contribution in [2.24, 2.45) is 11.5 Å². The lowest BCUT2D eigenvalue weighted by atomic mass is 10.0. The van der Waals surface area contributed by atoms with Gasteiger partial charge in [-0.15, -0.1) is 0 Å². The summed E-state index contributed by atoms with van der Waals surface area (Å²) in [6.45, 7) is 3.90. The quantitative estimate of drug-likeness (QED) is 0.132. The van der Waals surface area contributed by atoms with Gasteiger partial charge in [0.25, 0.3) is 0 Å². The van der Waals surface area contributed by atoms with Crippen molar-refractivity contribution in [2.75, 3.05) is 46.4 Å². The molecule has 0 bridgehead atoms. The van der Waals surface area contributed by atoms with Gasteiger partial charge in [0.15, 0.2) is 0 Å². The largest absolute Gasteiger partial charge is 0.445 e. The minimum absolute atomic E-state index is 0.00442. The van der Waals surface area contributed by atoms with Gasteiger partial charge >= 0.3 is 6.09 Å². The van der Waals surface area contributed by atoms with Crippen LogP contribution in [0, 0.1) is 0 Å². The van der Waals surface area contributed by atoms with Crippen LogP contribution in [0.5, 0.6) is 0 Å². The third kappa shape index (κ3) is 14.3. The van der Waals surface area contributed by atoms with Crippen LogP contribution in [0.2, 0.25) is 0 Å². The van der Waals surface area contributed by atoms with E-state index in [-0.39, 0.29) is 57.1 Å². The number of carbonyl (C=O) groups is 4. The summed E-state index contributed by atoms with van der Waals surface area (Å²) in [6, 6.07) is 18.3. The number of aryl methyl sites for hydroxylation is 1. The van der Waals surface area contributed by atoms with Crippen LogP contribution in [0.4, 0.5) is 4.79 Å². The summed E-state index contributed by atoms with van der Waals surface area (Å²) in [4.78, 5) is 54.7. The van der Waals surface area contributed by atoms with Crippen molar-refractivity contribution < 1.29 is 23.9 Å². The van der Waals surface area contributed by atoms with E-state index < -0.39 is 18.0 Å². The van der Waals surface area contributed by atoms with Crippen LogP contribution in [0.1, 0.15) is 36.8 Å². The van der Waals surface area contributed by atoms with Crippen LogP contribution in [-0.4, -0.2) is 92.1 Å². The number of hydrogen-bond acceptors (Lipinski definition) is 7. The van der Waals surface area contributed by atoms with Gasteiger partial charge in [-0.2, -0.15) is 0 Å². The highest BCUT2D eigenvalue weighted by Gasteiger charge is 2.26. The lowest BCUT2D eigenvalue weighted by Gasteiger charge is -2.29. The van der Waals surface area contributed by atoms with Crippen molar-refractivity contribution in [1.82, 2.24) is 20.4 Å². The van der Waals surface area contributed by atoms with E-state index >= 15 is 0 Å². The molecule has 0 aliphatic carbocycles. The first-order valence-electron chi connectivity index (χ1n) is 15.1. The van der Waals surface area contributed by atoms with Gasteiger partial charge in [0, 0.05) is 32.6 Å². The highest BCUT2D eigenvalue weighted by Crippen LogP contribution is 2.10. The van der Waals surface area contributed by atoms with E-state index in [1.165, 1.54) is 22.9 Å². The molecule has 0 aliphatic rings. The van der Waals surface area contributed by atoms with E-state index in [0.717, 1.165) is 24.0 Å². The summed E-state index contributed by atoms with van der Waals surface area (Å²) in [5.41, 5.74) is 13.8. The highest BCUT2D eigenvalue weighted by molar-refractivity contribution is 5.85. The minimum atomic E-state index is -0.675. The molecule has 0 radical (unpaired) electrons. The molecule has 2 aromatic rings. The Hall–Kier alpha value is -4.22. The van der Waals surface area contributed by atoms with Crippen molar-refractivity contribution in [3.63, 3.8) is 0 Å². The molecule has 2 atom stereocenters. The maximum absolute atomic E-state index is 13.4. The second kappa shape index (κ2) is 20.6. The van der Waals surface area contributed by atoms with E-state index in [1.807, 2.05) is 60.7 Å². The third-order valence-electron chi connectivity index (χ3n) is 6.97. The molecule has 44 heavy (non-hydrogen) atoms. The van der Waals surface area contributed by atoms with Crippen molar-refractivity contribution in [3.8, 4) is 0 Å². The number of carbonyl (C=O) groups excluding carboxylic acids is 4. The Labute approximate surface area is 261 Å². The summed E-state index contributed by atoms with van der Waals surface area (Å²) in [7, 11) is 1.51. The van der Waals surface area contributed by atoms with Gasteiger partial charge in [-0.3, -0.25) is 19.3 Å². The molecule has 0 saturated carbocycles. The van der Waals surface area contributed by atoms with Crippen LogP contribution in [0.15, 0.2) is 73.3 Å². The van der Waals surface area contributed by atoms with Gasteiger partial charge in [-0.25, -0.2) is 4.79 Å². The zero-order valence-electron chi connectivity index (χ0n) is 25.8. The Balaban J connectivity index is 2.20. The summed E-state index contributed by atoms with van der Waals surface area (Å²) in [5.74, 6) is -0.960. The average molecular weight is 609 g/mol. The molecule has 4 amide bonds. The number of unbranched alkanes of at least 4 members (excludes halogenated alkanes) is 1. The lowest BCUT2D eigenvalue weighted by molar-refractivity contribution is -0.136. The first-order valence-corrected chi connectivity index (χ1v) is 15.1. The Morgan fingerprint density at radius 2 is 1.55 bits per heavy atom. The number of hydrogen-bond donors (Lipinski definition) is 4. The minimum Gasteiger partial charge on any atom is -0.445 e. The number of rotatable bonds is 20. The lowest BCUT2D eigenvalue weighted by Crippen LogP contribution is -2.52. The number of nitrogens with one attached hydrogen (secondary N) is 2. The van der Waals surface area contributed by atoms with Crippen molar-refractivity contribution in [2.45, 2.75) is 50.6 Å². The molecule has 2 rings (SSSR count). The fourth-order valence-electron chi connectivity index (χ4n) is 4.68. The Kier molecular flexibility index (Phi) is 16.9. The first kappa shape index (κ1) is 36.0. The predicted octanol–water partition coefficient (Wildman–Crippen LogP) is 2.00. The average Bonchev–Trinajstić information content (AvgIpc) is 3.02. The Morgan fingerprint density at radius 3 is 2.16 bits per heavy atom. The molecule has 0 fully saturated rings.